The van der Waals surface area contributed by atoms with E-state index in [2.05, 4.69) is 314 Å². The zero-order valence-corrected chi connectivity index (χ0v) is 46.4. The van der Waals surface area contributed by atoms with Crippen LogP contribution in [-0.4, -0.2) is 6.85 Å². The summed E-state index contributed by atoms with van der Waals surface area (Å²) in [5, 5.41) is 0. The summed E-state index contributed by atoms with van der Waals surface area (Å²) in [4.78, 5) is 7.71. The summed E-state index contributed by atoms with van der Waals surface area (Å²) in [6.45, 7) is 22.9. The van der Waals surface area contributed by atoms with Crippen LogP contribution in [0.3, 0.4) is 0 Å². The number of rotatable bonds is 8. The van der Waals surface area contributed by atoms with E-state index >= 15 is 0 Å². The average molecular weight is 998 g/mol. The standard InChI is InChI=1S/C73H68BN3/c1-49-26-27-55(52-24-18-13-19-25-52)45-67(49)76-66-43-30-54(51-22-16-12-17-23-51)44-65(66)74-70-64(46-58(47-69(70)76)73(8,9)10)63-42-41-62(48-68(63)77(74)61-35-28-53(29-36-61)50-20-14-11-15-21-50)75(59-37-31-56(32-38-59)71(2,3)4)60-39-33-57(34-40-60)72(5,6)7/h11-48H,1-10H3. The van der Waals surface area contributed by atoms with Gasteiger partial charge in [-0.15, -0.1) is 0 Å². The molecule has 3 nitrogen and oxygen atoms in total. The minimum Gasteiger partial charge on any atom is -0.376 e. The Morgan fingerprint density at radius 2 is 0.805 bits per heavy atom. The predicted molar refractivity (Wildman–Crippen MR) is 332 cm³/mol. The first-order chi connectivity index (χ1) is 37.0. The van der Waals surface area contributed by atoms with Crippen molar-refractivity contribution in [3.8, 4) is 44.5 Å². The Bertz CT molecular complexity index is 3730. The van der Waals surface area contributed by atoms with Gasteiger partial charge in [-0.2, -0.15) is 0 Å². The van der Waals surface area contributed by atoms with Crippen LogP contribution < -0.4 is 25.5 Å². The van der Waals surface area contributed by atoms with Crippen LogP contribution in [-0.2, 0) is 16.2 Å². The molecule has 77 heavy (non-hydrogen) atoms. The normalized spacial score (nSPS) is 13.0. The summed E-state index contributed by atoms with van der Waals surface area (Å²) in [6, 6.07) is 86.7. The van der Waals surface area contributed by atoms with Gasteiger partial charge >= 0.3 is 6.85 Å². The highest BCUT2D eigenvalue weighted by molar-refractivity contribution is 6.93. The van der Waals surface area contributed by atoms with E-state index < -0.39 is 0 Å². The Morgan fingerprint density at radius 3 is 1.34 bits per heavy atom. The van der Waals surface area contributed by atoms with Crippen LogP contribution in [0.1, 0.15) is 84.6 Å². The molecule has 0 bridgehead atoms. The van der Waals surface area contributed by atoms with Crippen molar-refractivity contribution in [1.29, 1.82) is 0 Å². The van der Waals surface area contributed by atoms with Crippen LogP contribution in [0.5, 0.6) is 0 Å². The van der Waals surface area contributed by atoms with Gasteiger partial charge in [-0.3, -0.25) is 0 Å². The molecule has 378 valence electrons. The maximum atomic E-state index is 2.66. The lowest BCUT2D eigenvalue weighted by Gasteiger charge is -2.47. The second-order valence-corrected chi connectivity index (χ2v) is 24.4. The van der Waals surface area contributed by atoms with Crippen LogP contribution in [0.2, 0.25) is 0 Å². The molecule has 10 aromatic rings. The Morgan fingerprint density at radius 1 is 0.338 bits per heavy atom. The van der Waals surface area contributed by atoms with Gasteiger partial charge in [0.15, 0.2) is 0 Å². The lowest BCUT2D eigenvalue weighted by atomic mass is 9.43. The first-order valence-electron chi connectivity index (χ1n) is 27.4. The molecule has 0 radical (unpaired) electrons. The van der Waals surface area contributed by atoms with Crippen molar-refractivity contribution in [3.63, 3.8) is 0 Å². The van der Waals surface area contributed by atoms with Crippen LogP contribution in [0.4, 0.5) is 45.5 Å². The number of hydrogen-bond donors (Lipinski definition) is 0. The molecule has 10 aromatic carbocycles. The van der Waals surface area contributed by atoms with Crippen LogP contribution in [0, 0.1) is 6.92 Å². The lowest BCUT2D eigenvalue weighted by molar-refractivity contribution is 0.590. The third kappa shape index (κ3) is 9.14. The zero-order valence-electron chi connectivity index (χ0n) is 46.4. The molecule has 0 aliphatic carbocycles. The first kappa shape index (κ1) is 49.5. The number of benzene rings is 10. The summed E-state index contributed by atoms with van der Waals surface area (Å²) < 4.78 is 0. The van der Waals surface area contributed by atoms with Crippen molar-refractivity contribution in [1.82, 2.24) is 0 Å². The van der Waals surface area contributed by atoms with E-state index in [9.17, 15) is 0 Å². The van der Waals surface area contributed by atoms with Crippen molar-refractivity contribution < 1.29 is 0 Å². The van der Waals surface area contributed by atoms with Gasteiger partial charge in [0.25, 0.3) is 0 Å². The molecule has 0 saturated heterocycles. The Labute approximate surface area is 458 Å². The number of nitrogens with zero attached hydrogens (tertiary/aromatic N) is 3. The maximum Gasteiger partial charge on any atom is 0.333 e. The van der Waals surface area contributed by atoms with Crippen LogP contribution in [0.25, 0.3) is 44.5 Å². The van der Waals surface area contributed by atoms with Gasteiger partial charge < -0.3 is 14.6 Å². The minimum atomic E-state index is -0.197. The first-order valence-corrected chi connectivity index (χ1v) is 27.4. The van der Waals surface area contributed by atoms with E-state index in [-0.39, 0.29) is 23.1 Å². The Balaban J connectivity index is 1.16. The fraction of sp³-hybridized carbons (Fsp3) is 0.178. The fourth-order valence-corrected chi connectivity index (χ4v) is 11.7. The van der Waals surface area contributed by atoms with Gasteiger partial charge in [-0.05, 0) is 162 Å². The van der Waals surface area contributed by atoms with Crippen LogP contribution in [0.15, 0.2) is 231 Å². The Hall–Kier alpha value is -8.34. The molecule has 0 fully saturated rings. The third-order valence-corrected chi connectivity index (χ3v) is 16.0. The van der Waals surface area contributed by atoms with Gasteiger partial charge in [0, 0.05) is 51.1 Å². The molecule has 0 N–H and O–H groups in total. The van der Waals surface area contributed by atoms with Crippen molar-refractivity contribution in [2.75, 3.05) is 14.6 Å². The molecular formula is C73H68BN3. The number of fused-ring (bicyclic) bond motifs is 4. The third-order valence-electron chi connectivity index (χ3n) is 16.0. The highest BCUT2D eigenvalue weighted by Crippen LogP contribution is 2.51. The van der Waals surface area contributed by atoms with Crippen molar-refractivity contribution in [3.05, 3.63) is 253 Å². The van der Waals surface area contributed by atoms with E-state index in [1.807, 2.05) is 0 Å². The fourth-order valence-electron chi connectivity index (χ4n) is 11.7. The highest BCUT2D eigenvalue weighted by atomic mass is 15.2. The van der Waals surface area contributed by atoms with Crippen molar-refractivity contribution in [2.24, 2.45) is 0 Å². The summed E-state index contributed by atoms with van der Waals surface area (Å²) >= 11 is 0. The largest absolute Gasteiger partial charge is 0.376 e. The molecule has 0 aromatic heterocycles. The van der Waals surface area contributed by atoms with E-state index in [1.165, 1.54) is 100 Å². The lowest BCUT2D eigenvalue weighted by Crippen LogP contribution is -2.61. The molecule has 0 saturated carbocycles. The molecule has 0 atom stereocenters. The quantitative estimate of drug-likeness (QED) is 0.140. The SMILES string of the molecule is Cc1ccc(-c2ccccc2)cc1N1c2ccc(-c3ccccc3)cc2B2c3c(cc(C(C)(C)C)cc31)-c1ccc(N(c3ccc(C(C)(C)C)cc3)c3ccc(C(C)(C)C)cc3)cc1N2c1ccc(-c2ccccc2)cc1. The second-order valence-electron chi connectivity index (χ2n) is 24.4. The van der Waals surface area contributed by atoms with Gasteiger partial charge in [-0.1, -0.05) is 226 Å². The molecule has 2 heterocycles. The van der Waals surface area contributed by atoms with Crippen molar-refractivity contribution >= 4 is 63.3 Å². The van der Waals surface area contributed by atoms with Gasteiger partial charge in [-0.25, -0.2) is 0 Å². The molecule has 12 rings (SSSR count). The summed E-state index contributed by atoms with van der Waals surface area (Å²) in [6.07, 6.45) is 0. The molecular weight excluding hydrogens is 930 g/mol. The number of hydrogen-bond acceptors (Lipinski definition) is 3. The highest BCUT2D eigenvalue weighted by Gasteiger charge is 2.46. The van der Waals surface area contributed by atoms with E-state index in [4.69, 9.17) is 0 Å². The van der Waals surface area contributed by atoms with Crippen molar-refractivity contribution in [2.45, 2.75) is 85.5 Å². The molecule has 2 aliphatic rings. The number of anilines is 8. The van der Waals surface area contributed by atoms with E-state index in [0.717, 1.165) is 22.7 Å². The molecule has 2 aliphatic heterocycles. The van der Waals surface area contributed by atoms with Gasteiger partial charge in [0.2, 0.25) is 0 Å². The van der Waals surface area contributed by atoms with Crippen LogP contribution >= 0.6 is 0 Å². The van der Waals surface area contributed by atoms with Gasteiger partial charge in [0.05, 0.1) is 0 Å². The molecule has 0 amide bonds. The van der Waals surface area contributed by atoms with Gasteiger partial charge in [0.1, 0.15) is 0 Å². The molecule has 0 unspecified atom stereocenters. The summed E-state index contributed by atoms with van der Waals surface area (Å²) in [5.74, 6) is 0. The van der Waals surface area contributed by atoms with E-state index in [0.29, 0.717) is 0 Å². The second kappa shape index (κ2) is 19.0. The van der Waals surface area contributed by atoms with E-state index in [1.54, 1.807) is 0 Å². The summed E-state index contributed by atoms with van der Waals surface area (Å²) in [5.41, 5.74) is 26.4. The topological polar surface area (TPSA) is 9.72 Å². The number of aryl methyl sites for hydroxylation is 1. The smallest absolute Gasteiger partial charge is 0.333 e. The molecule has 0 spiro atoms. The minimum absolute atomic E-state index is 0.0217. The molecule has 4 heteroatoms. The zero-order chi connectivity index (χ0) is 53.4. The predicted octanol–water partition coefficient (Wildman–Crippen LogP) is 19.1. The Kier molecular flexibility index (Phi) is 12.3. The summed E-state index contributed by atoms with van der Waals surface area (Å²) in [7, 11) is 0. The monoisotopic (exact) mass is 998 g/mol. The maximum absolute atomic E-state index is 2.66. The average Bonchev–Trinajstić information content (AvgIpc) is 3.62.